The zero-order valence-electron chi connectivity index (χ0n) is 18.5. The number of fused-ring (bicyclic) bond motifs is 1. The van der Waals surface area contributed by atoms with Gasteiger partial charge in [-0.05, 0) is 37.0 Å². The van der Waals surface area contributed by atoms with Crippen molar-refractivity contribution < 1.29 is 4.79 Å². The van der Waals surface area contributed by atoms with Gasteiger partial charge in [-0.15, -0.1) is 0 Å². The van der Waals surface area contributed by atoms with Gasteiger partial charge in [-0.1, -0.05) is 98.1 Å². The zero-order chi connectivity index (χ0) is 22.0. The van der Waals surface area contributed by atoms with Crippen molar-refractivity contribution in [2.75, 3.05) is 5.32 Å². The van der Waals surface area contributed by atoms with Crippen molar-refractivity contribution in [2.24, 2.45) is 11.0 Å². The van der Waals surface area contributed by atoms with E-state index in [4.69, 9.17) is 5.10 Å². The Bertz CT molecular complexity index is 1080. The van der Waals surface area contributed by atoms with Crippen molar-refractivity contribution in [2.45, 2.75) is 44.6 Å². The Morgan fingerprint density at radius 1 is 0.812 bits per heavy atom. The first-order valence-electron chi connectivity index (χ1n) is 11.6. The van der Waals surface area contributed by atoms with Crippen molar-refractivity contribution in [3.8, 4) is 0 Å². The molecule has 5 rings (SSSR count). The second-order valence-electron chi connectivity index (χ2n) is 8.91. The molecule has 1 N–H and O–H groups in total. The van der Waals surface area contributed by atoms with Crippen LogP contribution in [0.4, 0.5) is 10.5 Å². The van der Waals surface area contributed by atoms with Crippen molar-refractivity contribution in [1.82, 2.24) is 5.01 Å². The number of carbonyl (C=O) groups excluding carboxylic acids is 1. The van der Waals surface area contributed by atoms with Crippen LogP contribution in [-0.4, -0.2) is 16.8 Å². The lowest BCUT2D eigenvalue weighted by atomic mass is 9.82. The van der Waals surface area contributed by atoms with Gasteiger partial charge in [0, 0.05) is 11.5 Å². The van der Waals surface area contributed by atoms with Gasteiger partial charge in [0.25, 0.3) is 0 Å². The second kappa shape index (κ2) is 8.62. The molecule has 1 aliphatic heterocycles. The van der Waals surface area contributed by atoms with Crippen LogP contribution >= 0.6 is 0 Å². The molecule has 0 unspecified atom stereocenters. The van der Waals surface area contributed by atoms with Gasteiger partial charge in [0.1, 0.15) is 5.54 Å². The van der Waals surface area contributed by atoms with E-state index in [-0.39, 0.29) is 6.03 Å². The van der Waals surface area contributed by atoms with Crippen molar-refractivity contribution >= 4 is 17.4 Å². The lowest BCUT2D eigenvalue weighted by Crippen LogP contribution is -2.47. The van der Waals surface area contributed by atoms with Crippen LogP contribution in [0.5, 0.6) is 0 Å². The van der Waals surface area contributed by atoms with E-state index < -0.39 is 5.54 Å². The predicted octanol–water partition coefficient (Wildman–Crippen LogP) is 6.78. The van der Waals surface area contributed by atoms with Crippen LogP contribution in [0.3, 0.4) is 0 Å². The van der Waals surface area contributed by atoms with Crippen molar-refractivity contribution in [3.05, 3.63) is 102 Å². The highest BCUT2D eigenvalue weighted by molar-refractivity contribution is 6.11. The fourth-order valence-corrected chi connectivity index (χ4v) is 5.11. The minimum Gasteiger partial charge on any atom is -0.306 e. The minimum absolute atomic E-state index is 0.210. The van der Waals surface area contributed by atoms with Crippen LogP contribution in [0, 0.1) is 5.92 Å². The highest BCUT2D eigenvalue weighted by atomic mass is 16.2. The van der Waals surface area contributed by atoms with E-state index in [0.717, 1.165) is 40.9 Å². The summed E-state index contributed by atoms with van der Waals surface area (Å²) >= 11 is 0. The van der Waals surface area contributed by atoms with E-state index in [1.165, 1.54) is 19.3 Å². The summed E-state index contributed by atoms with van der Waals surface area (Å²) in [6.07, 6.45) is 5.92. The number of nitrogens with one attached hydrogen (secondary N) is 1. The van der Waals surface area contributed by atoms with Crippen LogP contribution in [0.2, 0.25) is 0 Å². The average Bonchev–Trinajstić information content (AvgIpc) is 3.01. The number of hydrazone groups is 1. The summed E-state index contributed by atoms with van der Waals surface area (Å²) in [4.78, 5) is 13.7. The first-order valence-corrected chi connectivity index (χ1v) is 11.6. The molecule has 2 amide bonds. The largest absolute Gasteiger partial charge is 0.343 e. The zero-order valence-corrected chi connectivity index (χ0v) is 18.5. The van der Waals surface area contributed by atoms with Crippen molar-refractivity contribution in [3.63, 3.8) is 0 Å². The van der Waals surface area contributed by atoms with Gasteiger partial charge < -0.3 is 5.32 Å². The number of hydrogen-bond donors (Lipinski definition) is 1. The predicted molar refractivity (Wildman–Crippen MR) is 130 cm³/mol. The maximum Gasteiger partial charge on any atom is 0.343 e. The Labute approximate surface area is 190 Å². The second-order valence-corrected chi connectivity index (χ2v) is 8.91. The first kappa shape index (κ1) is 20.5. The van der Waals surface area contributed by atoms with Gasteiger partial charge in [0.2, 0.25) is 0 Å². The van der Waals surface area contributed by atoms with E-state index in [1.807, 2.05) is 54.6 Å². The third kappa shape index (κ3) is 3.60. The van der Waals surface area contributed by atoms with Crippen LogP contribution in [0.1, 0.15) is 55.7 Å². The molecule has 0 radical (unpaired) electrons. The molecular weight excluding hydrogens is 394 g/mol. The molecule has 4 nitrogen and oxygen atoms in total. The molecule has 0 saturated heterocycles. The molecule has 1 aliphatic carbocycles. The van der Waals surface area contributed by atoms with Gasteiger partial charge in [-0.2, -0.15) is 10.1 Å². The number of anilines is 1. The Balaban J connectivity index is 1.71. The monoisotopic (exact) mass is 423 g/mol. The van der Waals surface area contributed by atoms with Crippen LogP contribution in [0.25, 0.3) is 0 Å². The molecule has 1 heterocycles. The Hall–Kier alpha value is -3.40. The van der Waals surface area contributed by atoms with Gasteiger partial charge >= 0.3 is 6.03 Å². The quantitative estimate of drug-likeness (QED) is 0.494. The van der Waals surface area contributed by atoms with Crippen LogP contribution < -0.4 is 5.32 Å². The summed E-state index contributed by atoms with van der Waals surface area (Å²) in [7, 11) is 0. The standard InChI is InChI=1S/C28H29N3O/c1-28(22-15-7-3-8-16-22,23-17-9-4-10-18-23)31-27(32)29-25-20-12-11-19-24(25)26(30-31)21-13-5-2-6-14-21/h3-4,7-12,15-21H,2,5-6,13-14H2,1H3,(H,29,32). The molecule has 3 aromatic carbocycles. The Morgan fingerprint density at radius 3 is 2.00 bits per heavy atom. The number of para-hydroxylation sites is 1. The minimum atomic E-state index is -0.755. The van der Waals surface area contributed by atoms with Gasteiger partial charge in [0.15, 0.2) is 0 Å². The molecule has 162 valence electrons. The van der Waals surface area contributed by atoms with Crippen LogP contribution in [-0.2, 0) is 5.54 Å². The van der Waals surface area contributed by atoms with Gasteiger partial charge in [-0.25, -0.2) is 4.79 Å². The Kier molecular flexibility index (Phi) is 5.52. The van der Waals surface area contributed by atoms with E-state index in [2.05, 4.69) is 42.6 Å². The molecule has 1 fully saturated rings. The SMILES string of the molecule is CC(c1ccccc1)(c1ccccc1)N1N=C(C2CCCCC2)c2ccccc2NC1=O. The summed E-state index contributed by atoms with van der Waals surface area (Å²) in [6.45, 7) is 2.09. The number of urea groups is 1. The summed E-state index contributed by atoms with van der Waals surface area (Å²) in [6, 6.07) is 28.3. The van der Waals surface area contributed by atoms with E-state index >= 15 is 0 Å². The molecule has 0 bridgehead atoms. The number of amides is 2. The third-order valence-corrected chi connectivity index (χ3v) is 6.93. The fraction of sp³-hybridized carbons (Fsp3) is 0.286. The number of carbonyl (C=O) groups is 1. The molecule has 3 aromatic rings. The molecule has 2 aliphatic rings. The number of benzene rings is 3. The maximum absolute atomic E-state index is 13.7. The first-order chi connectivity index (χ1) is 15.7. The highest BCUT2D eigenvalue weighted by Crippen LogP contribution is 2.40. The topological polar surface area (TPSA) is 44.7 Å². The molecule has 32 heavy (non-hydrogen) atoms. The summed E-state index contributed by atoms with van der Waals surface area (Å²) in [5.74, 6) is 0.357. The molecule has 1 saturated carbocycles. The van der Waals surface area contributed by atoms with E-state index in [1.54, 1.807) is 5.01 Å². The molecular formula is C28H29N3O. The van der Waals surface area contributed by atoms with Crippen LogP contribution in [0.15, 0.2) is 90.0 Å². The molecule has 0 spiro atoms. The Morgan fingerprint density at radius 2 is 1.38 bits per heavy atom. The average molecular weight is 424 g/mol. The smallest absolute Gasteiger partial charge is 0.306 e. The number of hydrogen-bond acceptors (Lipinski definition) is 2. The normalized spacial score (nSPS) is 17.2. The third-order valence-electron chi connectivity index (χ3n) is 6.93. The fourth-order valence-electron chi connectivity index (χ4n) is 5.11. The molecule has 0 atom stereocenters. The highest BCUT2D eigenvalue weighted by Gasteiger charge is 2.42. The number of rotatable bonds is 4. The van der Waals surface area contributed by atoms with E-state index in [0.29, 0.717) is 5.92 Å². The summed E-state index contributed by atoms with van der Waals surface area (Å²) < 4.78 is 0. The van der Waals surface area contributed by atoms with E-state index in [9.17, 15) is 4.79 Å². The van der Waals surface area contributed by atoms with Crippen molar-refractivity contribution in [1.29, 1.82) is 0 Å². The molecule has 0 aromatic heterocycles. The maximum atomic E-state index is 13.7. The van der Waals surface area contributed by atoms with Gasteiger partial charge in [-0.3, -0.25) is 0 Å². The molecule has 4 heteroatoms. The summed E-state index contributed by atoms with van der Waals surface area (Å²) in [5.41, 5.74) is 4.20. The number of nitrogens with zero attached hydrogens (tertiary/aromatic N) is 2. The lowest BCUT2D eigenvalue weighted by molar-refractivity contribution is 0.161. The lowest BCUT2D eigenvalue weighted by Gasteiger charge is -2.39. The van der Waals surface area contributed by atoms with Gasteiger partial charge in [0.05, 0.1) is 11.4 Å². The summed E-state index contributed by atoms with van der Waals surface area (Å²) in [5, 5.41) is 10.0.